The summed E-state index contributed by atoms with van der Waals surface area (Å²) in [5, 5.41) is 0. The molecule has 0 aromatic heterocycles. The molecule has 30 heavy (non-hydrogen) atoms. The van der Waals surface area contributed by atoms with Gasteiger partial charge in [-0.25, -0.2) is 0 Å². The van der Waals surface area contributed by atoms with E-state index in [0.717, 1.165) is 16.9 Å². The number of rotatable bonds is 2. The number of hydrogen-bond acceptors (Lipinski definition) is 1. The summed E-state index contributed by atoms with van der Waals surface area (Å²) in [5.74, 6) is 0.907. The maximum absolute atomic E-state index is 6.93. The normalized spacial score (nSPS) is 16.8. The fourth-order valence-corrected chi connectivity index (χ4v) is 4.73. The second-order valence-corrected chi connectivity index (χ2v) is 7.76. The zero-order valence-corrected chi connectivity index (χ0v) is 16.5. The van der Waals surface area contributed by atoms with E-state index in [2.05, 4.69) is 109 Å². The van der Waals surface area contributed by atoms with Crippen LogP contribution in [-0.4, -0.2) is 0 Å². The second-order valence-electron chi connectivity index (χ2n) is 7.76. The summed E-state index contributed by atoms with van der Waals surface area (Å²) in [4.78, 5) is 0. The molecule has 1 aliphatic heterocycles. The lowest BCUT2D eigenvalue weighted by Gasteiger charge is -2.30. The maximum Gasteiger partial charge on any atom is 0.185 e. The summed E-state index contributed by atoms with van der Waals surface area (Å²) in [6.45, 7) is 0. The molecule has 4 aromatic rings. The van der Waals surface area contributed by atoms with Gasteiger partial charge in [-0.3, -0.25) is 0 Å². The lowest BCUT2D eigenvalue weighted by atomic mass is 9.83. The Hall–Kier alpha value is -3.84. The van der Waals surface area contributed by atoms with Crippen molar-refractivity contribution in [3.63, 3.8) is 0 Å². The van der Waals surface area contributed by atoms with Crippen LogP contribution in [0.1, 0.15) is 22.3 Å². The van der Waals surface area contributed by atoms with Crippen molar-refractivity contribution in [2.24, 2.45) is 0 Å². The minimum Gasteiger partial charge on any atom is -0.472 e. The van der Waals surface area contributed by atoms with Crippen LogP contribution in [0, 0.1) is 0 Å². The number of fused-ring (bicyclic) bond motifs is 5. The van der Waals surface area contributed by atoms with Crippen LogP contribution in [-0.2, 0) is 10.3 Å². The molecular weight excluding hydrogens is 364 g/mol. The molecule has 0 bridgehead atoms. The molecule has 0 saturated carbocycles. The Morgan fingerprint density at radius 3 is 1.73 bits per heavy atom. The Kier molecular flexibility index (Phi) is 3.75. The Morgan fingerprint density at radius 2 is 1.10 bits per heavy atom. The van der Waals surface area contributed by atoms with Gasteiger partial charge in [-0.2, -0.15) is 0 Å². The van der Waals surface area contributed by atoms with Crippen molar-refractivity contribution in [3.8, 4) is 11.1 Å². The minimum atomic E-state index is -0.631. The summed E-state index contributed by atoms with van der Waals surface area (Å²) < 4.78 is 6.93. The van der Waals surface area contributed by atoms with Gasteiger partial charge in [-0.15, -0.1) is 0 Å². The number of benzene rings is 4. The van der Waals surface area contributed by atoms with Gasteiger partial charge in [0.1, 0.15) is 5.76 Å². The second kappa shape index (κ2) is 6.60. The van der Waals surface area contributed by atoms with Gasteiger partial charge in [0.2, 0.25) is 0 Å². The van der Waals surface area contributed by atoms with Crippen molar-refractivity contribution in [3.05, 3.63) is 143 Å². The lowest BCUT2D eigenvalue weighted by Crippen LogP contribution is -2.26. The quantitative estimate of drug-likeness (QED) is 0.359. The molecule has 2 aliphatic rings. The zero-order valence-electron chi connectivity index (χ0n) is 16.5. The monoisotopic (exact) mass is 384 g/mol. The van der Waals surface area contributed by atoms with Crippen molar-refractivity contribution in [2.75, 3.05) is 0 Å². The Morgan fingerprint density at radius 1 is 0.567 bits per heavy atom. The van der Waals surface area contributed by atoms with E-state index in [0.29, 0.717) is 0 Å². The number of ether oxygens (including phenoxy) is 1. The molecule has 1 heterocycles. The average Bonchev–Trinajstić information content (AvgIpc) is 3.33. The fraction of sp³-hybridized carbons (Fsp3) is 0.0345. The van der Waals surface area contributed by atoms with E-state index in [1.807, 2.05) is 12.1 Å². The molecule has 0 saturated heterocycles. The van der Waals surface area contributed by atoms with E-state index >= 15 is 0 Å². The lowest BCUT2D eigenvalue weighted by molar-refractivity contribution is 0.140. The zero-order chi connectivity index (χ0) is 20.0. The first-order chi connectivity index (χ1) is 14.9. The molecule has 1 nitrogen and oxygen atoms in total. The van der Waals surface area contributed by atoms with Gasteiger partial charge in [0, 0.05) is 22.3 Å². The first-order valence-electron chi connectivity index (χ1n) is 10.3. The fourth-order valence-electron chi connectivity index (χ4n) is 4.73. The third kappa shape index (κ3) is 2.42. The van der Waals surface area contributed by atoms with Crippen LogP contribution in [0.25, 0.3) is 23.0 Å². The highest BCUT2D eigenvalue weighted by atomic mass is 16.5. The van der Waals surface area contributed by atoms with Gasteiger partial charge in [0.25, 0.3) is 0 Å². The van der Waals surface area contributed by atoms with Gasteiger partial charge < -0.3 is 4.74 Å². The van der Waals surface area contributed by atoms with Crippen molar-refractivity contribution in [2.45, 2.75) is 5.60 Å². The van der Waals surface area contributed by atoms with Crippen molar-refractivity contribution >= 4 is 11.8 Å². The molecule has 1 spiro atoms. The molecule has 0 N–H and O–H groups in total. The minimum absolute atomic E-state index is 0.631. The smallest absolute Gasteiger partial charge is 0.185 e. The Balaban J connectivity index is 1.64. The van der Waals surface area contributed by atoms with E-state index in [4.69, 9.17) is 4.74 Å². The molecule has 142 valence electrons. The van der Waals surface area contributed by atoms with E-state index in [-0.39, 0.29) is 0 Å². The Bertz CT molecular complexity index is 1250. The van der Waals surface area contributed by atoms with E-state index < -0.39 is 5.60 Å². The highest BCUT2D eigenvalue weighted by Gasteiger charge is 2.51. The third-order valence-corrected chi connectivity index (χ3v) is 6.04. The number of hydrogen-bond donors (Lipinski definition) is 0. The predicted molar refractivity (Wildman–Crippen MR) is 123 cm³/mol. The molecule has 0 atom stereocenters. The maximum atomic E-state index is 6.93. The molecule has 6 rings (SSSR count). The topological polar surface area (TPSA) is 9.23 Å². The van der Waals surface area contributed by atoms with Crippen molar-refractivity contribution in [1.29, 1.82) is 0 Å². The van der Waals surface area contributed by atoms with Gasteiger partial charge in [-0.05, 0) is 28.8 Å². The van der Waals surface area contributed by atoms with E-state index in [9.17, 15) is 0 Å². The van der Waals surface area contributed by atoms with Gasteiger partial charge in [0.05, 0.1) is 0 Å². The summed E-state index contributed by atoms with van der Waals surface area (Å²) >= 11 is 0. The molecule has 0 fully saturated rings. The van der Waals surface area contributed by atoms with Gasteiger partial charge in [-0.1, -0.05) is 109 Å². The van der Waals surface area contributed by atoms with Crippen LogP contribution in [0.5, 0.6) is 0 Å². The molecule has 4 aromatic carbocycles. The van der Waals surface area contributed by atoms with E-state index in [1.165, 1.54) is 27.8 Å². The molecule has 1 heteroatoms. The Labute approximate surface area is 176 Å². The third-order valence-electron chi connectivity index (χ3n) is 6.04. The van der Waals surface area contributed by atoms with Crippen LogP contribution < -0.4 is 0 Å². The van der Waals surface area contributed by atoms with Gasteiger partial charge >= 0.3 is 0 Å². The first-order valence-corrected chi connectivity index (χ1v) is 10.3. The summed E-state index contributed by atoms with van der Waals surface area (Å²) in [7, 11) is 0. The van der Waals surface area contributed by atoms with Crippen LogP contribution in [0.2, 0.25) is 0 Å². The molecule has 0 unspecified atom stereocenters. The molecular formula is C29H20O. The van der Waals surface area contributed by atoms with Crippen molar-refractivity contribution in [1.82, 2.24) is 0 Å². The van der Waals surface area contributed by atoms with Gasteiger partial charge in [0.15, 0.2) is 5.60 Å². The summed E-state index contributed by atoms with van der Waals surface area (Å²) in [6.07, 6.45) is 4.47. The molecule has 1 aliphatic carbocycles. The highest BCUT2D eigenvalue weighted by molar-refractivity contribution is 5.87. The van der Waals surface area contributed by atoms with Crippen LogP contribution >= 0.6 is 0 Å². The van der Waals surface area contributed by atoms with Crippen LogP contribution in [0.15, 0.2) is 121 Å². The van der Waals surface area contributed by atoms with E-state index in [1.54, 1.807) is 0 Å². The van der Waals surface area contributed by atoms with Crippen LogP contribution in [0.4, 0.5) is 0 Å². The van der Waals surface area contributed by atoms with Crippen molar-refractivity contribution < 1.29 is 4.74 Å². The predicted octanol–water partition coefficient (Wildman–Crippen LogP) is 7.07. The summed E-state index contributed by atoms with van der Waals surface area (Å²) in [6, 6.07) is 38.1. The molecule has 0 radical (unpaired) electrons. The standard InChI is InChI=1S/C29H20O/c1-3-11-21(12-4-1)19-23-20-28(22-13-5-2-6-14-22)30-29(23)26-17-9-7-15-24(26)25-16-8-10-18-27(25)29/h1-20H/b23-19+. The summed E-state index contributed by atoms with van der Waals surface area (Å²) in [5.41, 5.74) is 7.69. The molecule has 0 amide bonds. The largest absolute Gasteiger partial charge is 0.472 e. The average molecular weight is 384 g/mol. The highest BCUT2D eigenvalue weighted by Crippen LogP contribution is 2.58. The van der Waals surface area contributed by atoms with Crippen LogP contribution in [0.3, 0.4) is 0 Å². The first kappa shape index (κ1) is 17.1. The SMILES string of the molecule is C1=C(c2ccccc2)OC2(/C1=C/c1ccccc1)c1ccccc1-c1ccccc12.